The van der Waals surface area contributed by atoms with Gasteiger partial charge in [-0.05, 0) is 13.3 Å². The number of aryl methyl sites for hydroxylation is 1. The van der Waals surface area contributed by atoms with Crippen LogP contribution in [0.15, 0.2) is 5.38 Å². The van der Waals surface area contributed by atoms with E-state index in [1.165, 1.54) is 16.7 Å². The highest BCUT2D eigenvalue weighted by Crippen LogP contribution is 2.29. The van der Waals surface area contributed by atoms with Crippen molar-refractivity contribution in [2.24, 2.45) is 0 Å². The maximum absolute atomic E-state index is 10.5. The van der Waals surface area contributed by atoms with Crippen molar-refractivity contribution in [2.45, 2.75) is 19.8 Å². The maximum Gasteiger partial charge on any atom is 0.303 e. The molecule has 0 aliphatic rings. The maximum atomic E-state index is 10.5. The van der Waals surface area contributed by atoms with E-state index in [-0.39, 0.29) is 18.5 Å². The lowest BCUT2D eigenvalue weighted by Gasteiger charge is -1.96. The first-order valence-electron chi connectivity index (χ1n) is 3.95. The molecule has 1 heterocycles. The van der Waals surface area contributed by atoms with Crippen molar-refractivity contribution in [2.75, 3.05) is 0 Å². The number of carboxylic acids is 1. The van der Waals surface area contributed by atoms with E-state index in [9.17, 15) is 14.9 Å². The third kappa shape index (κ3) is 2.29. The highest BCUT2D eigenvalue weighted by molar-refractivity contribution is 7.10. The second-order valence-corrected chi connectivity index (χ2v) is 3.89. The van der Waals surface area contributed by atoms with Gasteiger partial charge in [-0.15, -0.1) is 11.3 Å². The Balaban J connectivity index is 2.88. The third-order valence-corrected chi connectivity index (χ3v) is 2.81. The molecule has 1 aromatic heterocycles. The first kappa shape index (κ1) is 10.6. The minimum atomic E-state index is -0.940. The average Bonchev–Trinajstić information content (AvgIpc) is 2.43. The van der Waals surface area contributed by atoms with Crippen LogP contribution in [0.25, 0.3) is 0 Å². The summed E-state index contributed by atoms with van der Waals surface area (Å²) in [6.45, 7) is 1.76. The standard InChI is InChI=1S/C8H9NO4S/c1-5-6(2-3-8(10)11)7(4-14-5)9(12)13/h4H,2-3H2,1H3,(H,10,11). The molecule has 0 saturated heterocycles. The summed E-state index contributed by atoms with van der Waals surface area (Å²) in [6.07, 6.45) is 0.152. The molecule has 0 fully saturated rings. The number of carbonyl (C=O) groups is 1. The minimum absolute atomic E-state index is 0.0359. The Bertz CT molecular complexity index is 371. The van der Waals surface area contributed by atoms with Crippen molar-refractivity contribution in [3.8, 4) is 0 Å². The second-order valence-electron chi connectivity index (χ2n) is 2.81. The van der Waals surface area contributed by atoms with Crippen molar-refractivity contribution >= 4 is 23.0 Å². The molecule has 0 aliphatic heterocycles. The smallest absolute Gasteiger partial charge is 0.303 e. The molecule has 0 bridgehead atoms. The normalized spacial score (nSPS) is 10.1. The van der Waals surface area contributed by atoms with Crippen LogP contribution < -0.4 is 0 Å². The molecule has 0 radical (unpaired) electrons. The predicted molar refractivity (Wildman–Crippen MR) is 51.7 cm³/mol. The van der Waals surface area contributed by atoms with Crippen molar-refractivity contribution in [3.05, 3.63) is 25.9 Å². The number of thiophene rings is 1. The van der Waals surface area contributed by atoms with Gasteiger partial charge in [-0.25, -0.2) is 0 Å². The van der Waals surface area contributed by atoms with Gasteiger partial charge >= 0.3 is 5.97 Å². The van der Waals surface area contributed by atoms with Crippen molar-refractivity contribution in [1.82, 2.24) is 0 Å². The molecule has 6 heteroatoms. The summed E-state index contributed by atoms with van der Waals surface area (Å²) in [5.74, 6) is -0.940. The zero-order chi connectivity index (χ0) is 10.7. The van der Waals surface area contributed by atoms with Crippen molar-refractivity contribution < 1.29 is 14.8 Å². The Morgan fingerprint density at radius 2 is 2.36 bits per heavy atom. The number of carboxylic acid groups (broad SMARTS) is 1. The summed E-state index contributed by atoms with van der Waals surface area (Å²) < 4.78 is 0. The van der Waals surface area contributed by atoms with Gasteiger partial charge in [0.2, 0.25) is 0 Å². The molecule has 5 nitrogen and oxygen atoms in total. The molecule has 0 spiro atoms. The number of hydrogen-bond donors (Lipinski definition) is 1. The fourth-order valence-electron chi connectivity index (χ4n) is 1.16. The van der Waals surface area contributed by atoms with Crippen molar-refractivity contribution in [1.29, 1.82) is 0 Å². The molecule has 0 aromatic carbocycles. The molecule has 0 aliphatic carbocycles. The van der Waals surface area contributed by atoms with E-state index in [1.54, 1.807) is 6.92 Å². The quantitative estimate of drug-likeness (QED) is 0.615. The van der Waals surface area contributed by atoms with E-state index in [0.29, 0.717) is 5.56 Å². The van der Waals surface area contributed by atoms with Crippen LogP contribution in [-0.4, -0.2) is 16.0 Å². The van der Waals surface area contributed by atoms with Crippen molar-refractivity contribution in [3.63, 3.8) is 0 Å². The molecular formula is C8H9NO4S. The van der Waals surface area contributed by atoms with E-state index in [0.717, 1.165) is 4.88 Å². The van der Waals surface area contributed by atoms with Crippen LogP contribution in [0, 0.1) is 17.0 Å². The van der Waals surface area contributed by atoms with E-state index >= 15 is 0 Å². The Morgan fingerprint density at radius 3 is 2.86 bits per heavy atom. The molecule has 0 saturated carbocycles. The molecular weight excluding hydrogens is 206 g/mol. The lowest BCUT2D eigenvalue weighted by atomic mass is 10.1. The van der Waals surface area contributed by atoms with E-state index < -0.39 is 10.9 Å². The summed E-state index contributed by atoms with van der Waals surface area (Å²) in [7, 11) is 0. The monoisotopic (exact) mass is 215 g/mol. The largest absolute Gasteiger partial charge is 0.481 e. The van der Waals surface area contributed by atoms with Crippen LogP contribution in [0.3, 0.4) is 0 Å². The summed E-state index contributed by atoms with van der Waals surface area (Å²) in [4.78, 5) is 21.2. The van der Waals surface area contributed by atoms with Crippen LogP contribution in [0.2, 0.25) is 0 Å². The first-order valence-corrected chi connectivity index (χ1v) is 4.83. The van der Waals surface area contributed by atoms with Gasteiger partial charge in [0.15, 0.2) is 0 Å². The Labute approximate surface area is 84.1 Å². The molecule has 0 unspecified atom stereocenters. The summed E-state index contributed by atoms with van der Waals surface area (Å²) in [5, 5.41) is 20.5. The molecule has 1 N–H and O–H groups in total. The van der Waals surface area contributed by atoms with Gasteiger partial charge in [0.1, 0.15) is 0 Å². The van der Waals surface area contributed by atoms with Gasteiger partial charge in [0, 0.05) is 16.9 Å². The summed E-state index contributed by atoms with van der Waals surface area (Å²) in [6, 6.07) is 0. The summed E-state index contributed by atoms with van der Waals surface area (Å²) >= 11 is 1.28. The fraction of sp³-hybridized carbons (Fsp3) is 0.375. The molecule has 1 aromatic rings. The highest BCUT2D eigenvalue weighted by atomic mass is 32.1. The zero-order valence-electron chi connectivity index (χ0n) is 7.52. The molecule has 14 heavy (non-hydrogen) atoms. The van der Waals surface area contributed by atoms with E-state index in [4.69, 9.17) is 5.11 Å². The average molecular weight is 215 g/mol. The first-order chi connectivity index (χ1) is 6.52. The van der Waals surface area contributed by atoms with Crippen LogP contribution in [0.1, 0.15) is 16.9 Å². The molecule has 0 atom stereocenters. The van der Waals surface area contributed by atoms with Gasteiger partial charge in [0.25, 0.3) is 5.69 Å². The third-order valence-electron chi connectivity index (χ3n) is 1.87. The van der Waals surface area contributed by atoms with Crippen LogP contribution in [0.5, 0.6) is 0 Å². The van der Waals surface area contributed by atoms with Crippen LogP contribution in [0.4, 0.5) is 5.69 Å². The van der Waals surface area contributed by atoms with E-state index in [2.05, 4.69) is 0 Å². The Kier molecular flexibility index (Phi) is 3.19. The molecule has 1 rings (SSSR count). The molecule has 0 amide bonds. The van der Waals surface area contributed by atoms with Crippen LogP contribution in [-0.2, 0) is 11.2 Å². The highest BCUT2D eigenvalue weighted by Gasteiger charge is 2.18. The Morgan fingerprint density at radius 1 is 1.71 bits per heavy atom. The topological polar surface area (TPSA) is 80.4 Å². The number of nitro groups is 1. The minimum Gasteiger partial charge on any atom is -0.481 e. The zero-order valence-corrected chi connectivity index (χ0v) is 8.34. The van der Waals surface area contributed by atoms with Gasteiger partial charge in [-0.3, -0.25) is 14.9 Å². The number of nitrogens with zero attached hydrogens (tertiary/aromatic N) is 1. The van der Waals surface area contributed by atoms with Crippen LogP contribution >= 0.6 is 11.3 Å². The second kappa shape index (κ2) is 4.19. The lowest BCUT2D eigenvalue weighted by molar-refractivity contribution is -0.385. The lowest BCUT2D eigenvalue weighted by Crippen LogP contribution is -2.00. The van der Waals surface area contributed by atoms with Gasteiger partial charge < -0.3 is 5.11 Å². The van der Waals surface area contributed by atoms with Gasteiger partial charge in [0.05, 0.1) is 10.3 Å². The number of rotatable bonds is 4. The van der Waals surface area contributed by atoms with Gasteiger partial charge in [-0.1, -0.05) is 0 Å². The fourth-order valence-corrected chi connectivity index (χ4v) is 2.02. The van der Waals surface area contributed by atoms with Gasteiger partial charge in [-0.2, -0.15) is 0 Å². The number of hydrogen-bond acceptors (Lipinski definition) is 4. The predicted octanol–water partition coefficient (Wildman–Crippen LogP) is 1.98. The number of aliphatic carboxylic acids is 1. The Hall–Kier alpha value is -1.43. The SMILES string of the molecule is Cc1scc([N+](=O)[O-])c1CCC(=O)O. The molecule has 76 valence electrons. The van der Waals surface area contributed by atoms with E-state index in [1.807, 2.05) is 0 Å². The summed E-state index contributed by atoms with van der Waals surface area (Å²) in [5.41, 5.74) is 0.580.